The van der Waals surface area contributed by atoms with Crippen molar-refractivity contribution in [3.63, 3.8) is 0 Å². The number of fused-ring (bicyclic) bond motifs is 1. The zero-order valence-electron chi connectivity index (χ0n) is 17.6. The van der Waals surface area contributed by atoms with Gasteiger partial charge in [-0.3, -0.25) is 0 Å². The number of benzene rings is 1. The van der Waals surface area contributed by atoms with Crippen LogP contribution in [0, 0.1) is 6.92 Å². The molecule has 3 heterocycles. The molecule has 1 aliphatic rings. The molecule has 1 aliphatic heterocycles. The molecule has 3 aromatic rings. The summed E-state index contributed by atoms with van der Waals surface area (Å²) in [5, 5.41) is 8.46. The summed E-state index contributed by atoms with van der Waals surface area (Å²) in [6.07, 6.45) is 2.78. The molecule has 2 aromatic heterocycles. The lowest BCUT2D eigenvalue weighted by Gasteiger charge is -2.28. The molecule has 1 N–H and O–H groups in total. The van der Waals surface area contributed by atoms with Gasteiger partial charge in [-0.05, 0) is 25.5 Å². The first-order chi connectivity index (χ1) is 14.5. The molecule has 4 rings (SSSR count). The van der Waals surface area contributed by atoms with Crippen LogP contribution in [0.5, 0.6) is 5.75 Å². The molecule has 0 radical (unpaired) electrons. The highest BCUT2D eigenvalue weighted by atomic mass is 35.5. The maximum absolute atomic E-state index is 6.45. The van der Waals surface area contributed by atoms with Gasteiger partial charge in [-0.2, -0.15) is 9.61 Å². The number of methoxy groups -OCH3 is 3. The lowest BCUT2D eigenvalue weighted by atomic mass is 10.2. The number of ether oxygens (including phenoxy) is 3. The smallest absolute Gasteiger partial charge is 0.159 e. The van der Waals surface area contributed by atoms with Crippen LogP contribution >= 0.6 is 11.6 Å². The Hall–Kier alpha value is -2.55. The highest BCUT2D eigenvalue weighted by Gasteiger charge is 2.35. The number of aromatic nitrogens is 3. The Bertz CT molecular complexity index is 1040. The van der Waals surface area contributed by atoms with Crippen LogP contribution in [0.25, 0.3) is 5.65 Å². The summed E-state index contributed by atoms with van der Waals surface area (Å²) in [5.41, 5.74) is 2.48. The van der Waals surface area contributed by atoms with Gasteiger partial charge in [-0.1, -0.05) is 11.6 Å². The van der Waals surface area contributed by atoms with Crippen LogP contribution in [-0.4, -0.2) is 61.2 Å². The molecular formula is C21H26ClN5O3. The Balaban J connectivity index is 1.77. The van der Waals surface area contributed by atoms with E-state index in [4.69, 9.17) is 30.8 Å². The summed E-state index contributed by atoms with van der Waals surface area (Å²) >= 11 is 6.45. The second-order valence-electron chi connectivity index (χ2n) is 7.34. The maximum atomic E-state index is 6.45. The molecule has 30 heavy (non-hydrogen) atoms. The van der Waals surface area contributed by atoms with Gasteiger partial charge in [0.25, 0.3) is 0 Å². The van der Waals surface area contributed by atoms with Crippen LogP contribution in [0.2, 0.25) is 5.02 Å². The standard InChI is InChI=1S/C21H26ClN5O3/c1-13-20(24-18-6-5-15(29-3)10-17(18)22)25-19-7-8-23-27(19)21(13)26-11-16(30-4)9-14(26)12-28-2/h5-8,10,14,16H,9,11-12H2,1-4H3,(H,24,25). The van der Waals surface area contributed by atoms with Gasteiger partial charge in [0.1, 0.15) is 17.4 Å². The molecule has 0 aliphatic carbocycles. The fraction of sp³-hybridized carbons (Fsp3) is 0.429. The molecule has 0 saturated carbocycles. The number of hydrogen-bond acceptors (Lipinski definition) is 7. The second-order valence-corrected chi connectivity index (χ2v) is 7.74. The van der Waals surface area contributed by atoms with Crippen molar-refractivity contribution in [3.05, 3.63) is 41.0 Å². The SMILES string of the molecule is COCC1CC(OC)CN1c1c(C)c(Nc2ccc(OC)cc2Cl)nc2ccnn12. The van der Waals surface area contributed by atoms with E-state index in [2.05, 4.69) is 15.3 Å². The van der Waals surface area contributed by atoms with Gasteiger partial charge in [-0.25, -0.2) is 4.98 Å². The Morgan fingerprint density at radius 2 is 2.07 bits per heavy atom. The summed E-state index contributed by atoms with van der Waals surface area (Å²) in [5.74, 6) is 2.40. The Morgan fingerprint density at radius 3 is 2.77 bits per heavy atom. The second kappa shape index (κ2) is 8.67. The van der Waals surface area contributed by atoms with Gasteiger partial charge >= 0.3 is 0 Å². The minimum absolute atomic E-state index is 0.135. The van der Waals surface area contributed by atoms with Crippen molar-refractivity contribution < 1.29 is 14.2 Å². The quantitative estimate of drug-likeness (QED) is 0.611. The van der Waals surface area contributed by atoms with E-state index in [1.807, 2.05) is 29.6 Å². The van der Waals surface area contributed by atoms with E-state index in [0.29, 0.717) is 17.4 Å². The van der Waals surface area contributed by atoms with Crippen molar-refractivity contribution in [2.75, 3.05) is 44.7 Å². The Kier molecular flexibility index (Phi) is 5.99. The number of nitrogens with zero attached hydrogens (tertiary/aromatic N) is 4. The lowest BCUT2D eigenvalue weighted by Crippen LogP contribution is -2.35. The minimum Gasteiger partial charge on any atom is -0.497 e. The fourth-order valence-corrected chi connectivity index (χ4v) is 4.19. The molecule has 0 amide bonds. The molecule has 160 valence electrons. The predicted molar refractivity (Wildman–Crippen MR) is 117 cm³/mol. The van der Waals surface area contributed by atoms with Gasteiger partial charge in [0.2, 0.25) is 0 Å². The van der Waals surface area contributed by atoms with E-state index in [-0.39, 0.29) is 12.1 Å². The van der Waals surface area contributed by atoms with Crippen molar-refractivity contribution in [2.45, 2.75) is 25.5 Å². The highest BCUT2D eigenvalue weighted by Crippen LogP contribution is 2.35. The first-order valence-electron chi connectivity index (χ1n) is 9.79. The van der Waals surface area contributed by atoms with Crippen LogP contribution in [-0.2, 0) is 9.47 Å². The highest BCUT2D eigenvalue weighted by molar-refractivity contribution is 6.33. The van der Waals surface area contributed by atoms with E-state index < -0.39 is 0 Å². The molecule has 2 atom stereocenters. The van der Waals surface area contributed by atoms with E-state index in [9.17, 15) is 0 Å². The molecular weight excluding hydrogens is 406 g/mol. The molecule has 1 saturated heterocycles. The normalized spacial score (nSPS) is 18.9. The van der Waals surface area contributed by atoms with Crippen LogP contribution in [0.4, 0.5) is 17.3 Å². The van der Waals surface area contributed by atoms with Crippen LogP contribution in [0.15, 0.2) is 30.5 Å². The summed E-state index contributed by atoms with van der Waals surface area (Å²) in [6.45, 7) is 3.40. The maximum Gasteiger partial charge on any atom is 0.159 e. The average Bonchev–Trinajstić information content (AvgIpc) is 3.37. The zero-order chi connectivity index (χ0) is 21.3. The van der Waals surface area contributed by atoms with Gasteiger partial charge in [0.15, 0.2) is 5.65 Å². The van der Waals surface area contributed by atoms with Crippen molar-refractivity contribution in [1.29, 1.82) is 0 Å². The molecule has 8 nitrogen and oxygen atoms in total. The zero-order valence-corrected chi connectivity index (χ0v) is 18.3. The number of halogens is 1. The third-order valence-electron chi connectivity index (χ3n) is 5.51. The first kappa shape index (κ1) is 20.7. The average molecular weight is 432 g/mol. The molecule has 1 aromatic carbocycles. The van der Waals surface area contributed by atoms with E-state index in [0.717, 1.165) is 41.5 Å². The molecule has 0 bridgehead atoms. The van der Waals surface area contributed by atoms with Crippen molar-refractivity contribution >= 4 is 34.6 Å². The summed E-state index contributed by atoms with van der Waals surface area (Å²) in [6, 6.07) is 7.59. The predicted octanol–water partition coefficient (Wildman–Crippen LogP) is 3.68. The fourth-order valence-electron chi connectivity index (χ4n) is 3.97. The molecule has 1 fully saturated rings. The number of anilines is 3. The van der Waals surface area contributed by atoms with Gasteiger partial charge in [0, 0.05) is 38.5 Å². The molecule has 2 unspecified atom stereocenters. The summed E-state index contributed by atoms with van der Waals surface area (Å²) in [7, 11) is 5.09. The van der Waals surface area contributed by atoms with Crippen molar-refractivity contribution in [1.82, 2.24) is 14.6 Å². The van der Waals surface area contributed by atoms with Gasteiger partial charge < -0.3 is 24.4 Å². The third kappa shape index (κ3) is 3.78. The first-order valence-corrected chi connectivity index (χ1v) is 10.2. The van der Waals surface area contributed by atoms with Crippen LogP contribution in [0.1, 0.15) is 12.0 Å². The van der Waals surface area contributed by atoms with E-state index in [1.165, 1.54) is 0 Å². The largest absolute Gasteiger partial charge is 0.497 e. The van der Waals surface area contributed by atoms with Gasteiger partial charge in [0.05, 0.1) is 42.8 Å². The van der Waals surface area contributed by atoms with E-state index >= 15 is 0 Å². The van der Waals surface area contributed by atoms with Gasteiger partial charge in [-0.15, -0.1) is 0 Å². The lowest BCUT2D eigenvalue weighted by molar-refractivity contribution is 0.111. The molecule has 9 heteroatoms. The Labute approximate surface area is 180 Å². The minimum atomic E-state index is 0.135. The van der Waals surface area contributed by atoms with Crippen LogP contribution < -0.4 is 15.0 Å². The topological polar surface area (TPSA) is 73.2 Å². The third-order valence-corrected chi connectivity index (χ3v) is 5.82. The number of nitrogens with one attached hydrogen (secondary N) is 1. The monoisotopic (exact) mass is 431 g/mol. The number of rotatable bonds is 7. The summed E-state index contributed by atoms with van der Waals surface area (Å²) in [4.78, 5) is 7.07. The van der Waals surface area contributed by atoms with Crippen molar-refractivity contribution in [3.8, 4) is 5.75 Å². The van der Waals surface area contributed by atoms with Crippen molar-refractivity contribution in [2.24, 2.45) is 0 Å². The summed E-state index contributed by atoms with van der Waals surface area (Å²) < 4.78 is 18.2. The van der Waals surface area contributed by atoms with E-state index in [1.54, 1.807) is 33.6 Å². The number of hydrogen-bond donors (Lipinski definition) is 1. The van der Waals surface area contributed by atoms with Crippen LogP contribution in [0.3, 0.4) is 0 Å². The Morgan fingerprint density at radius 1 is 1.23 bits per heavy atom. The molecule has 0 spiro atoms.